The summed E-state index contributed by atoms with van der Waals surface area (Å²) >= 11 is 0. The number of nitrogens with zero attached hydrogens (tertiary/aromatic N) is 4. The smallest absolute Gasteiger partial charge is 0.255 e. The Kier molecular flexibility index (Phi) is 5.92. The summed E-state index contributed by atoms with van der Waals surface area (Å²) in [6.07, 6.45) is 3.54. The normalized spacial score (nSPS) is 15.6. The maximum atomic E-state index is 14.1. The molecule has 0 saturated carbocycles. The first-order valence-corrected chi connectivity index (χ1v) is 11.6. The Hall–Kier alpha value is -3.87. The molecule has 1 atom stereocenters. The SMILES string of the molecule is CCn1ncc2c(C(=O)N3CCCC3c3cc(OC)ccc3OC)cc(-c3ccccc3)nc21. The summed E-state index contributed by atoms with van der Waals surface area (Å²) in [6.45, 7) is 3.38. The zero-order valence-corrected chi connectivity index (χ0v) is 19.7. The molecule has 1 fully saturated rings. The van der Waals surface area contributed by atoms with Gasteiger partial charge in [0.2, 0.25) is 0 Å². The maximum absolute atomic E-state index is 14.1. The number of aromatic nitrogens is 3. The van der Waals surface area contributed by atoms with E-state index in [2.05, 4.69) is 5.10 Å². The van der Waals surface area contributed by atoms with Crippen LogP contribution >= 0.6 is 0 Å². The van der Waals surface area contributed by atoms with E-state index in [0.29, 0.717) is 18.7 Å². The van der Waals surface area contributed by atoms with Crippen LogP contribution in [0.15, 0.2) is 60.8 Å². The molecule has 0 N–H and O–H groups in total. The van der Waals surface area contributed by atoms with E-state index in [1.807, 2.05) is 71.1 Å². The van der Waals surface area contributed by atoms with Gasteiger partial charge in [-0.25, -0.2) is 9.67 Å². The average Bonchev–Trinajstić information content (AvgIpc) is 3.55. The van der Waals surface area contributed by atoms with Crippen LogP contribution in [-0.4, -0.2) is 46.3 Å². The average molecular weight is 457 g/mol. The van der Waals surface area contributed by atoms with Crippen molar-refractivity contribution in [1.82, 2.24) is 19.7 Å². The van der Waals surface area contributed by atoms with Gasteiger partial charge in [-0.15, -0.1) is 0 Å². The third-order valence-electron chi connectivity index (χ3n) is 6.52. The van der Waals surface area contributed by atoms with E-state index in [0.717, 1.165) is 52.2 Å². The number of hydrogen-bond donors (Lipinski definition) is 0. The van der Waals surface area contributed by atoms with Crippen LogP contribution in [0, 0.1) is 0 Å². The highest BCUT2D eigenvalue weighted by molar-refractivity contribution is 6.06. The van der Waals surface area contributed by atoms with Gasteiger partial charge < -0.3 is 14.4 Å². The van der Waals surface area contributed by atoms with Crippen molar-refractivity contribution in [1.29, 1.82) is 0 Å². The molecule has 1 aliphatic rings. The van der Waals surface area contributed by atoms with Crippen molar-refractivity contribution < 1.29 is 14.3 Å². The van der Waals surface area contributed by atoms with Gasteiger partial charge >= 0.3 is 0 Å². The van der Waals surface area contributed by atoms with Crippen molar-refractivity contribution in [2.24, 2.45) is 0 Å². The third kappa shape index (κ3) is 3.77. The minimum Gasteiger partial charge on any atom is -0.497 e. The van der Waals surface area contributed by atoms with Gasteiger partial charge in [-0.05, 0) is 44.0 Å². The Morgan fingerprint density at radius 1 is 1.09 bits per heavy atom. The van der Waals surface area contributed by atoms with Crippen LogP contribution in [0.5, 0.6) is 11.5 Å². The summed E-state index contributed by atoms with van der Waals surface area (Å²) in [6, 6.07) is 17.5. The van der Waals surface area contributed by atoms with Crippen LogP contribution in [-0.2, 0) is 6.54 Å². The van der Waals surface area contributed by atoms with Gasteiger partial charge in [0.15, 0.2) is 5.65 Å². The molecule has 2 aromatic heterocycles. The fourth-order valence-electron chi connectivity index (χ4n) is 4.80. The number of likely N-dealkylation sites (tertiary alicyclic amines) is 1. The van der Waals surface area contributed by atoms with Gasteiger partial charge in [0.05, 0.1) is 43.1 Å². The first-order chi connectivity index (χ1) is 16.6. The molecule has 4 aromatic rings. The molecular weight excluding hydrogens is 428 g/mol. The molecule has 1 saturated heterocycles. The van der Waals surface area contributed by atoms with Gasteiger partial charge in [0.25, 0.3) is 5.91 Å². The van der Waals surface area contributed by atoms with Crippen molar-refractivity contribution in [3.8, 4) is 22.8 Å². The Morgan fingerprint density at radius 2 is 1.91 bits per heavy atom. The number of fused-ring (bicyclic) bond motifs is 1. The fraction of sp³-hybridized carbons (Fsp3) is 0.296. The molecule has 174 valence electrons. The van der Waals surface area contributed by atoms with Crippen molar-refractivity contribution in [3.05, 3.63) is 71.9 Å². The summed E-state index contributed by atoms with van der Waals surface area (Å²) in [5, 5.41) is 5.27. The molecule has 3 heterocycles. The van der Waals surface area contributed by atoms with E-state index < -0.39 is 0 Å². The molecule has 0 radical (unpaired) electrons. The maximum Gasteiger partial charge on any atom is 0.255 e. The van der Waals surface area contributed by atoms with Crippen LogP contribution in [0.4, 0.5) is 0 Å². The van der Waals surface area contributed by atoms with E-state index >= 15 is 0 Å². The molecule has 0 aliphatic carbocycles. The lowest BCUT2D eigenvalue weighted by Crippen LogP contribution is -2.31. The van der Waals surface area contributed by atoms with Gasteiger partial charge in [-0.2, -0.15) is 5.10 Å². The van der Waals surface area contributed by atoms with E-state index in [4.69, 9.17) is 14.5 Å². The minimum absolute atomic E-state index is 0.0207. The van der Waals surface area contributed by atoms with Gasteiger partial charge in [0.1, 0.15) is 11.5 Å². The van der Waals surface area contributed by atoms with Crippen LogP contribution < -0.4 is 9.47 Å². The molecule has 0 spiro atoms. The Labute approximate surface area is 198 Å². The zero-order valence-electron chi connectivity index (χ0n) is 19.7. The predicted molar refractivity (Wildman–Crippen MR) is 131 cm³/mol. The number of rotatable bonds is 6. The summed E-state index contributed by atoms with van der Waals surface area (Å²) in [4.78, 5) is 20.9. The number of amides is 1. The molecule has 1 aliphatic heterocycles. The Morgan fingerprint density at radius 3 is 2.65 bits per heavy atom. The summed E-state index contributed by atoms with van der Waals surface area (Å²) < 4.78 is 12.9. The van der Waals surface area contributed by atoms with Gasteiger partial charge in [0, 0.05) is 24.2 Å². The molecule has 1 unspecified atom stereocenters. The molecule has 1 amide bonds. The largest absolute Gasteiger partial charge is 0.497 e. The summed E-state index contributed by atoms with van der Waals surface area (Å²) in [5.74, 6) is 1.48. The fourth-order valence-corrected chi connectivity index (χ4v) is 4.80. The number of carbonyl (C=O) groups is 1. The molecule has 34 heavy (non-hydrogen) atoms. The third-order valence-corrected chi connectivity index (χ3v) is 6.52. The van der Waals surface area contributed by atoms with Crippen LogP contribution in [0.25, 0.3) is 22.3 Å². The quantitative estimate of drug-likeness (QED) is 0.403. The van der Waals surface area contributed by atoms with Crippen LogP contribution in [0.1, 0.15) is 41.7 Å². The summed E-state index contributed by atoms with van der Waals surface area (Å²) in [7, 11) is 3.30. The number of benzene rings is 2. The second-order valence-electron chi connectivity index (χ2n) is 8.38. The molecule has 2 aromatic carbocycles. The number of hydrogen-bond acceptors (Lipinski definition) is 5. The first kappa shape index (κ1) is 21.9. The Balaban J connectivity index is 1.61. The lowest BCUT2D eigenvalue weighted by atomic mass is 10.0. The van der Waals surface area contributed by atoms with Crippen molar-refractivity contribution in [3.63, 3.8) is 0 Å². The Bertz CT molecular complexity index is 1330. The number of carbonyl (C=O) groups excluding carboxylic acids is 1. The molecule has 0 bridgehead atoms. The lowest BCUT2D eigenvalue weighted by Gasteiger charge is -2.27. The van der Waals surface area contributed by atoms with Crippen LogP contribution in [0.2, 0.25) is 0 Å². The highest BCUT2D eigenvalue weighted by atomic mass is 16.5. The molecule has 7 nitrogen and oxygen atoms in total. The molecule has 5 rings (SSSR count). The van der Waals surface area contributed by atoms with Gasteiger partial charge in [-0.3, -0.25) is 4.79 Å². The number of methoxy groups -OCH3 is 2. The highest BCUT2D eigenvalue weighted by Crippen LogP contribution is 2.40. The molecular formula is C27H28N4O3. The van der Waals surface area contributed by atoms with E-state index in [9.17, 15) is 4.79 Å². The predicted octanol–water partition coefficient (Wildman–Crippen LogP) is 5.11. The lowest BCUT2D eigenvalue weighted by molar-refractivity contribution is 0.0736. The topological polar surface area (TPSA) is 69.5 Å². The van der Waals surface area contributed by atoms with Crippen molar-refractivity contribution in [2.75, 3.05) is 20.8 Å². The van der Waals surface area contributed by atoms with Crippen molar-refractivity contribution >= 4 is 16.9 Å². The first-order valence-electron chi connectivity index (χ1n) is 11.6. The zero-order chi connectivity index (χ0) is 23.7. The minimum atomic E-state index is -0.0952. The molecule has 7 heteroatoms. The number of aryl methyl sites for hydroxylation is 1. The summed E-state index contributed by atoms with van der Waals surface area (Å²) in [5.41, 5.74) is 4.04. The van der Waals surface area contributed by atoms with Gasteiger partial charge in [-0.1, -0.05) is 30.3 Å². The van der Waals surface area contributed by atoms with Crippen molar-refractivity contribution in [2.45, 2.75) is 32.4 Å². The second-order valence-corrected chi connectivity index (χ2v) is 8.38. The van der Waals surface area contributed by atoms with Crippen LogP contribution in [0.3, 0.4) is 0 Å². The number of ether oxygens (including phenoxy) is 2. The number of pyridine rings is 1. The second kappa shape index (κ2) is 9.17. The highest BCUT2D eigenvalue weighted by Gasteiger charge is 2.34. The van der Waals surface area contributed by atoms with E-state index in [1.54, 1.807) is 20.4 Å². The van der Waals surface area contributed by atoms with E-state index in [1.165, 1.54) is 0 Å². The monoisotopic (exact) mass is 456 g/mol. The van der Waals surface area contributed by atoms with E-state index in [-0.39, 0.29) is 11.9 Å². The standard InChI is InChI=1S/C27H28N4O3/c1-4-31-26-22(17-28-31)20(16-23(29-26)18-9-6-5-7-10-18)27(32)30-14-8-11-24(30)21-15-19(33-2)12-13-25(21)34-3/h5-7,9-10,12-13,15-17,24H,4,8,11,14H2,1-3H3.